The number of carbonyl (C=O) groups is 1. The average molecular weight is 328 g/mol. The van der Waals surface area contributed by atoms with Gasteiger partial charge in [-0.15, -0.1) is 0 Å². The monoisotopic (exact) mass is 328 g/mol. The number of alkyl halides is 2. The van der Waals surface area contributed by atoms with Crippen molar-refractivity contribution in [1.82, 2.24) is 9.80 Å². The van der Waals surface area contributed by atoms with E-state index >= 15 is 0 Å². The molecule has 0 aliphatic carbocycles. The first-order valence-electron chi connectivity index (χ1n) is 7.85. The number of amides is 1. The third-order valence-electron chi connectivity index (χ3n) is 4.29. The van der Waals surface area contributed by atoms with Crippen LogP contribution >= 0.6 is 0 Å². The number of hydrogen-bond donors (Lipinski definition) is 0. The van der Waals surface area contributed by atoms with Crippen LogP contribution in [0.5, 0.6) is 0 Å². The molecular weight excluding hydrogens is 305 g/mol. The maximum absolute atomic E-state index is 13.0. The largest absolute Gasteiger partial charge is 0.341 e. The van der Waals surface area contributed by atoms with Gasteiger partial charge in [0.15, 0.2) is 0 Å². The zero-order chi connectivity index (χ0) is 17.0. The molecular formula is C17H23F3N2O. The van der Waals surface area contributed by atoms with E-state index in [9.17, 15) is 18.0 Å². The number of rotatable bonds is 4. The van der Waals surface area contributed by atoms with E-state index in [4.69, 9.17) is 0 Å². The van der Waals surface area contributed by atoms with Crippen LogP contribution in [-0.4, -0.2) is 48.3 Å². The number of nitrogens with zero attached hydrogens (tertiary/aromatic N) is 2. The molecule has 0 radical (unpaired) electrons. The molecule has 0 aromatic heterocycles. The Labute approximate surface area is 135 Å². The Morgan fingerprint density at radius 1 is 1.13 bits per heavy atom. The Kier molecular flexibility index (Phi) is 5.68. The molecule has 0 unspecified atom stereocenters. The summed E-state index contributed by atoms with van der Waals surface area (Å²) >= 11 is 0. The quantitative estimate of drug-likeness (QED) is 0.848. The van der Waals surface area contributed by atoms with Crippen molar-refractivity contribution in [2.24, 2.45) is 5.41 Å². The lowest BCUT2D eigenvalue weighted by atomic mass is 9.92. The van der Waals surface area contributed by atoms with E-state index in [0.717, 1.165) is 18.5 Å². The van der Waals surface area contributed by atoms with Crippen LogP contribution in [0.1, 0.15) is 25.8 Å². The van der Waals surface area contributed by atoms with E-state index in [1.54, 1.807) is 12.1 Å². The molecule has 6 heteroatoms. The zero-order valence-electron chi connectivity index (χ0n) is 13.6. The van der Waals surface area contributed by atoms with Crippen molar-refractivity contribution in [3.63, 3.8) is 0 Å². The molecule has 0 atom stereocenters. The van der Waals surface area contributed by atoms with E-state index in [1.165, 1.54) is 30.9 Å². The zero-order valence-corrected chi connectivity index (χ0v) is 13.6. The van der Waals surface area contributed by atoms with Crippen LogP contribution in [0, 0.1) is 11.2 Å². The fourth-order valence-corrected chi connectivity index (χ4v) is 2.68. The third kappa shape index (κ3) is 4.47. The Bertz CT molecular complexity index is 531. The van der Waals surface area contributed by atoms with Crippen molar-refractivity contribution in [3.8, 4) is 0 Å². The first-order valence-corrected chi connectivity index (χ1v) is 7.85. The van der Waals surface area contributed by atoms with Crippen LogP contribution in [0.15, 0.2) is 24.3 Å². The highest BCUT2D eigenvalue weighted by molar-refractivity contribution is 5.82. The second-order valence-electron chi connectivity index (χ2n) is 6.57. The summed E-state index contributed by atoms with van der Waals surface area (Å²) in [6, 6.07) is 6.33. The topological polar surface area (TPSA) is 23.6 Å². The van der Waals surface area contributed by atoms with Crippen molar-refractivity contribution >= 4 is 5.91 Å². The van der Waals surface area contributed by atoms with Gasteiger partial charge in [-0.3, -0.25) is 9.69 Å². The maximum atomic E-state index is 13.0. The number of hydrogen-bond acceptors (Lipinski definition) is 2. The van der Waals surface area contributed by atoms with Crippen LogP contribution in [0.25, 0.3) is 0 Å². The summed E-state index contributed by atoms with van der Waals surface area (Å²) in [6.07, 6.45) is -1.93. The SMILES string of the molecule is CC(C)(C(=O)N1CCCN(Cc2ccc(F)cc2)CC1)C(F)F. The van der Waals surface area contributed by atoms with Crippen LogP contribution in [0.2, 0.25) is 0 Å². The summed E-state index contributed by atoms with van der Waals surface area (Å²) in [7, 11) is 0. The van der Waals surface area contributed by atoms with Gasteiger partial charge >= 0.3 is 0 Å². The molecule has 0 saturated carbocycles. The second-order valence-corrected chi connectivity index (χ2v) is 6.57. The minimum atomic E-state index is -2.67. The molecule has 1 aromatic rings. The maximum Gasteiger partial charge on any atom is 0.252 e. The lowest BCUT2D eigenvalue weighted by Gasteiger charge is -2.30. The van der Waals surface area contributed by atoms with Gasteiger partial charge in [0.25, 0.3) is 6.43 Å². The molecule has 1 aromatic carbocycles. The molecule has 0 spiro atoms. The Balaban J connectivity index is 1.94. The molecule has 2 rings (SSSR count). The fraction of sp³-hybridized carbons (Fsp3) is 0.588. The second kappa shape index (κ2) is 7.34. The summed E-state index contributed by atoms with van der Waals surface area (Å²) in [5.41, 5.74) is -0.648. The Morgan fingerprint density at radius 2 is 1.78 bits per heavy atom. The fourth-order valence-electron chi connectivity index (χ4n) is 2.68. The molecule has 0 N–H and O–H groups in total. The van der Waals surface area contributed by atoms with Crippen LogP contribution in [0.3, 0.4) is 0 Å². The average Bonchev–Trinajstić information content (AvgIpc) is 2.74. The molecule has 23 heavy (non-hydrogen) atoms. The summed E-state index contributed by atoms with van der Waals surface area (Å²) < 4.78 is 39.0. The first-order chi connectivity index (χ1) is 10.8. The van der Waals surface area contributed by atoms with E-state index < -0.39 is 17.7 Å². The van der Waals surface area contributed by atoms with E-state index in [2.05, 4.69) is 4.90 Å². The predicted molar refractivity (Wildman–Crippen MR) is 82.7 cm³/mol. The standard InChI is InChI=1S/C17H23F3N2O/c1-17(2,15(19)20)16(23)22-9-3-8-21(10-11-22)12-13-4-6-14(18)7-5-13/h4-7,15H,3,8-12H2,1-2H3. The number of halogens is 3. The van der Waals surface area contributed by atoms with Gasteiger partial charge in [0.1, 0.15) is 11.2 Å². The minimum absolute atomic E-state index is 0.268. The van der Waals surface area contributed by atoms with E-state index in [1.807, 2.05) is 0 Å². The lowest BCUT2D eigenvalue weighted by Crippen LogP contribution is -2.46. The molecule has 128 valence electrons. The van der Waals surface area contributed by atoms with Crippen LogP contribution in [-0.2, 0) is 11.3 Å². The molecule has 0 bridgehead atoms. The summed E-state index contributed by atoms with van der Waals surface area (Å²) in [4.78, 5) is 16.0. The molecule has 1 heterocycles. The minimum Gasteiger partial charge on any atom is -0.341 e. The van der Waals surface area contributed by atoms with Gasteiger partial charge in [-0.25, -0.2) is 13.2 Å². The number of carbonyl (C=O) groups excluding carboxylic acids is 1. The van der Waals surface area contributed by atoms with Gasteiger partial charge in [0, 0.05) is 32.7 Å². The van der Waals surface area contributed by atoms with Gasteiger partial charge in [0.05, 0.1) is 0 Å². The van der Waals surface area contributed by atoms with Crippen molar-refractivity contribution in [2.45, 2.75) is 33.2 Å². The van der Waals surface area contributed by atoms with Gasteiger partial charge in [-0.1, -0.05) is 12.1 Å². The summed E-state index contributed by atoms with van der Waals surface area (Å²) in [5, 5.41) is 0. The van der Waals surface area contributed by atoms with Crippen LogP contribution in [0.4, 0.5) is 13.2 Å². The highest BCUT2D eigenvalue weighted by Gasteiger charge is 2.40. The molecule has 3 nitrogen and oxygen atoms in total. The van der Waals surface area contributed by atoms with Crippen molar-refractivity contribution in [1.29, 1.82) is 0 Å². The predicted octanol–water partition coefficient (Wildman–Crippen LogP) is 3.15. The molecule has 1 saturated heterocycles. The van der Waals surface area contributed by atoms with Crippen molar-refractivity contribution in [3.05, 3.63) is 35.6 Å². The normalized spacial score (nSPS) is 17.4. The van der Waals surface area contributed by atoms with Crippen molar-refractivity contribution < 1.29 is 18.0 Å². The smallest absolute Gasteiger partial charge is 0.252 e. The Morgan fingerprint density at radius 3 is 2.39 bits per heavy atom. The first kappa shape index (κ1) is 17.8. The van der Waals surface area contributed by atoms with Gasteiger partial charge in [-0.05, 0) is 38.0 Å². The van der Waals surface area contributed by atoms with Gasteiger partial charge in [0.2, 0.25) is 5.91 Å². The summed E-state index contributed by atoms with van der Waals surface area (Å²) in [5.74, 6) is -0.758. The van der Waals surface area contributed by atoms with Crippen LogP contribution < -0.4 is 0 Å². The third-order valence-corrected chi connectivity index (χ3v) is 4.29. The Hall–Kier alpha value is -1.56. The highest BCUT2D eigenvalue weighted by Crippen LogP contribution is 2.28. The number of benzene rings is 1. The highest BCUT2D eigenvalue weighted by atomic mass is 19.3. The van der Waals surface area contributed by atoms with Gasteiger partial charge in [-0.2, -0.15) is 0 Å². The van der Waals surface area contributed by atoms with Gasteiger partial charge < -0.3 is 4.90 Å². The molecule has 1 aliphatic rings. The van der Waals surface area contributed by atoms with Crippen molar-refractivity contribution in [2.75, 3.05) is 26.2 Å². The summed E-state index contributed by atoms with van der Waals surface area (Å²) in [6.45, 7) is 5.60. The molecule has 1 fully saturated rings. The lowest BCUT2D eigenvalue weighted by molar-refractivity contribution is -0.148. The van der Waals surface area contributed by atoms with E-state index in [-0.39, 0.29) is 5.82 Å². The van der Waals surface area contributed by atoms with E-state index in [0.29, 0.717) is 26.2 Å². The molecule has 1 amide bonds. The molecule has 1 aliphatic heterocycles.